The second kappa shape index (κ2) is 12.2. The van der Waals surface area contributed by atoms with Crippen molar-refractivity contribution in [1.29, 1.82) is 0 Å². The molecule has 182 valence electrons. The van der Waals surface area contributed by atoms with E-state index in [0.29, 0.717) is 26.1 Å². The molecule has 0 aliphatic carbocycles. The second-order valence-electron chi connectivity index (χ2n) is 8.31. The predicted octanol–water partition coefficient (Wildman–Crippen LogP) is 5.01. The van der Waals surface area contributed by atoms with E-state index in [2.05, 4.69) is 75.9 Å². The Balaban J connectivity index is 1.40. The second-order valence-corrected chi connectivity index (χ2v) is 10.9. The van der Waals surface area contributed by atoms with Gasteiger partial charge in [-0.3, -0.25) is 14.1 Å². The molecule has 0 saturated heterocycles. The van der Waals surface area contributed by atoms with Crippen molar-refractivity contribution in [2.75, 3.05) is 19.3 Å². The molecule has 4 rings (SSSR count). The van der Waals surface area contributed by atoms with Crippen molar-refractivity contribution in [1.82, 2.24) is 9.88 Å². The molecule has 0 atom stereocenters. The zero-order valence-electron chi connectivity index (χ0n) is 19.5. The Hall–Kier alpha value is -2.80. The fourth-order valence-electron chi connectivity index (χ4n) is 3.80. The van der Waals surface area contributed by atoms with Gasteiger partial charge in [0, 0.05) is 24.2 Å². The lowest BCUT2D eigenvalue weighted by Gasteiger charge is -2.09. The van der Waals surface area contributed by atoms with Gasteiger partial charge in [0.25, 0.3) is 0 Å². The molecule has 0 fully saturated rings. The number of benzene rings is 3. The molecule has 4 aromatic rings. The Morgan fingerprint density at radius 1 is 0.886 bits per heavy atom. The third kappa shape index (κ3) is 7.59. The van der Waals surface area contributed by atoms with Crippen molar-refractivity contribution in [2.24, 2.45) is 4.99 Å². The van der Waals surface area contributed by atoms with Gasteiger partial charge in [0.15, 0.2) is 4.80 Å². The smallest absolute Gasteiger partial charge is 0.324 e. The van der Waals surface area contributed by atoms with Gasteiger partial charge in [-0.05, 0) is 48.2 Å². The summed E-state index contributed by atoms with van der Waals surface area (Å²) in [6, 6.07) is 29.2. The minimum atomic E-state index is -3.90. The standard InChI is InChI=1S/C27H30N3O3PS/c31-34(32,33)19-7-17-28-20-23-14-12-22(13-15-23)16-18-29-27-30(25-10-5-2-6-11-25)26(21-35-27)24-8-3-1-4-9-24/h1-6,8-15,21,28H,7,16-20H2,(H2,31,32,33). The molecule has 0 spiro atoms. The summed E-state index contributed by atoms with van der Waals surface area (Å²) < 4.78 is 13.1. The number of nitrogens with zero attached hydrogens (tertiary/aromatic N) is 2. The Morgan fingerprint density at radius 3 is 2.23 bits per heavy atom. The average molecular weight is 508 g/mol. The molecule has 1 heterocycles. The number of hydrogen-bond donors (Lipinski definition) is 3. The summed E-state index contributed by atoms with van der Waals surface area (Å²) >= 11 is 1.66. The number of rotatable bonds is 11. The number of aromatic nitrogens is 1. The van der Waals surface area contributed by atoms with Crippen LogP contribution in [-0.4, -0.2) is 33.6 Å². The maximum Gasteiger partial charge on any atom is 0.325 e. The van der Waals surface area contributed by atoms with Crippen LogP contribution >= 0.6 is 18.9 Å². The van der Waals surface area contributed by atoms with Crippen molar-refractivity contribution in [3.8, 4) is 16.9 Å². The fourth-order valence-corrected chi connectivity index (χ4v) is 5.31. The third-order valence-corrected chi connectivity index (χ3v) is 7.36. The molecule has 3 aromatic carbocycles. The van der Waals surface area contributed by atoms with Crippen LogP contribution in [0.15, 0.2) is 95.3 Å². The van der Waals surface area contributed by atoms with Crippen LogP contribution in [0.1, 0.15) is 17.5 Å². The van der Waals surface area contributed by atoms with Gasteiger partial charge in [0.1, 0.15) is 0 Å². The molecule has 6 nitrogen and oxygen atoms in total. The van der Waals surface area contributed by atoms with Crippen LogP contribution in [0.4, 0.5) is 0 Å². The average Bonchev–Trinajstić information content (AvgIpc) is 3.29. The van der Waals surface area contributed by atoms with Crippen molar-refractivity contribution >= 4 is 18.9 Å². The van der Waals surface area contributed by atoms with Crippen molar-refractivity contribution < 1.29 is 14.4 Å². The maximum atomic E-state index is 10.9. The van der Waals surface area contributed by atoms with E-state index in [1.54, 1.807) is 11.3 Å². The first kappa shape index (κ1) is 25.3. The number of nitrogens with one attached hydrogen (secondary N) is 1. The van der Waals surface area contributed by atoms with Crippen LogP contribution < -0.4 is 10.1 Å². The molecule has 0 saturated carbocycles. The largest absolute Gasteiger partial charge is 0.325 e. The Bertz CT molecular complexity index is 1310. The number of hydrogen-bond acceptors (Lipinski definition) is 4. The van der Waals surface area contributed by atoms with Gasteiger partial charge in [-0.25, -0.2) is 0 Å². The Kier molecular flexibility index (Phi) is 8.85. The Labute approximate surface area is 209 Å². The van der Waals surface area contributed by atoms with Gasteiger partial charge >= 0.3 is 7.60 Å². The highest BCUT2D eigenvalue weighted by molar-refractivity contribution is 7.51. The van der Waals surface area contributed by atoms with E-state index in [4.69, 9.17) is 14.8 Å². The quantitative estimate of drug-likeness (QED) is 0.197. The summed E-state index contributed by atoms with van der Waals surface area (Å²) in [7, 11) is -3.90. The molecule has 8 heteroatoms. The third-order valence-electron chi connectivity index (χ3n) is 5.59. The minimum Gasteiger partial charge on any atom is -0.324 e. The summed E-state index contributed by atoms with van der Waals surface area (Å²) in [5, 5.41) is 5.40. The van der Waals surface area contributed by atoms with Gasteiger partial charge in [-0.1, -0.05) is 72.8 Å². The zero-order chi connectivity index (χ0) is 24.5. The molecule has 0 aliphatic rings. The fraction of sp³-hybridized carbons (Fsp3) is 0.222. The first-order valence-corrected chi connectivity index (χ1v) is 14.3. The molecule has 1 aromatic heterocycles. The summed E-state index contributed by atoms with van der Waals surface area (Å²) in [6.07, 6.45) is 1.23. The van der Waals surface area contributed by atoms with E-state index in [1.165, 1.54) is 11.1 Å². The maximum absolute atomic E-state index is 10.9. The lowest BCUT2D eigenvalue weighted by Crippen LogP contribution is -2.16. The molecule has 0 aliphatic heterocycles. The summed E-state index contributed by atoms with van der Waals surface area (Å²) in [6.45, 7) is 1.96. The highest BCUT2D eigenvalue weighted by Crippen LogP contribution is 2.34. The molecular formula is C27H30N3O3PS. The monoisotopic (exact) mass is 507 g/mol. The van der Waals surface area contributed by atoms with Crippen LogP contribution in [0.2, 0.25) is 0 Å². The summed E-state index contributed by atoms with van der Waals surface area (Å²) in [4.78, 5) is 23.7. The van der Waals surface area contributed by atoms with Crippen molar-refractivity contribution in [3.63, 3.8) is 0 Å². The highest BCUT2D eigenvalue weighted by Gasteiger charge is 2.11. The van der Waals surface area contributed by atoms with Crippen molar-refractivity contribution in [2.45, 2.75) is 19.4 Å². The zero-order valence-corrected chi connectivity index (χ0v) is 21.2. The van der Waals surface area contributed by atoms with Crippen LogP contribution in [0, 0.1) is 0 Å². The Morgan fingerprint density at radius 2 is 1.54 bits per heavy atom. The number of para-hydroxylation sites is 1. The lowest BCUT2D eigenvalue weighted by atomic mass is 10.1. The molecule has 0 unspecified atom stereocenters. The summed E-state index contributed by atoms with van der Waals surface area (Å²) in [5.41, 5.74) is 5.78. The normalized spacial score (nSPS) is 12.2. The SMILES string of the molecule is O=P(O)(O)CCCNCc1ccc(CCN=c2scc(-c3ccccc3)n2-c2ccccc2)cc1. The topological polar surface area (TPSA) is 86.8 Å². The van der Waals surface area contributed by atoms with Crippen LogP contribution in [0.5, 0.6) is 0 Å². The molecule has 3 N–H and O–H groups in total. The molecule has 35 heavy (non-hydrogen) atoms. The van der Waals surface area contributed by atoms with Crippen LogP contribution in [-0.2, 0) is 17.5 Å². The summed E-state index contributed by atoms with van der Waals surface area (Å²) in [5.74, 6) is 0. The van der Waals surface area contributed by atoms with Gasteiger partial charge < -0.3 is 15.1 Å². The molecular weight excluding hydrogens is 477 g/mol. The highest BCUT2D eigenvalue weighted by atomic mass is 32.1. The van der Waals surface area contributed by atoms with E-state index in [1.807, 2.05) is 24.3 Å². The molecule has 0 radical (unpaired) electrons. The molecule has 0 amide bonds. The van der Waals surface area contributed by atoms with Crippen LogP contribution in [0.3, 0.4) is 0 Å². The molecule has 0 bridgehead atoms. The van der Waals surface area contributed by atoms with Gasteiger partial charge in [-0.15, -0.1) is 11.3 Å². The first-order chi connectivity index (χ1) is 17.0. The van der Waals surface area contributed by atoms with Crippen LogP contribution in [0.25, 0.3) is 16.9 Å². The van der Waals surface area contributed by atoms with Gasteiger partial charge in [0.05, 0.1) is 11.9 Å². The van der Waals surface area contributed by atoms with Gasteiger partial charge in [-0.2, -0.15) is 0 Å². The van der Waals surface area contributed by atoms with E-state index in [-0.39, 0.29) is 6.16 Å². The van der Waals surface area contributed by atoms with E-state index in [9.17, 15) is 4.57 Å². The van der Waals surface area contributed by atoms with E-state index < -0.39 is 7.60 Å². The van der Waals surface area contributed by atoms with Crippen molar-refractivity contribution in [3.05, 3.63) is 106 Å². The van der Waals surface area contributed by atoms with E-state index in [0.717, 1.165) is 28.2 Å². The first-order valence-electron chi connectivity index (χ1n) is 11.6. The van der Waals surface area contributed by atoms with E-state index >= 15 is 0 Å². The lowest BCUT2D eigenvalue weighted by molar-refractivity contribution is 0.371. The minimum absolute atomic E-state index is 0.0796. The number of thiazole rings is 1. The van der Waals surface area contributed by atoms with Gasteiger partial charge in [0.2, 0.25) is 0 Å². The predicted molar refractivity (Wildman–Crippen MR) is 143 cm³/mol.